The van der Waals surface area contributed by atoms with Gasteiger partial charge in [0.1, 0.15) is 5.82 Å². The summed E-state index contributed by atoms with van der Waals surface area (Å²) in [6, 6.07) is 8.41. The Morgan fingerprint density at radius 3 is 2.93 bits per heavy atom. The van der Waals surface area contributed by atoms with E-state index in [4.69, 9.17) is 0 Å². The van der Waals surface area contributed by atoms with Gasteiger partial charge in [-0.3, -0.25) is 0 Å². The summed E-state index contributed by atoms with van der Waals surface area (Å²) in [6.45, 7) is 3.24. The minimum Gasteiger partial charge on any atom is -0.328 e. The number of rotatable bonds is 3. The minimum absolute atomic E-state index is 0.991. The van der Waals surface area contributed by atoms with Gasteiger partial charge in [0.25, 0.3) is 0 Å². The molecule has 1 aromatic carbocycles. The Bertz CT molecular complexity index is 480. The molecule has 1 saturated carbocycles. The first-order valence-electron chi connectivity index (χ1n) is 5.76. The Hall–Kier alpha value is -1.31. The molecule has 0 spiro atoms. The van der Waals surface area contributed by atoms with Gasteiger partial charge >= 0.3 is 0 Å². The second-order valence-electron chi connectivity index (χ2n) is 4.53. The maximum absolute atomic E-state index is 4.57. The Balaban J connectivity index is 1.95. The van der Waals surface area contributed by atoms with Crippen LogP contribution in [0, 0.1) is 12.8 Å². The summed E-state index contributed by atoms with van der Waals surface area (Å²) < 4.78 is 2.35. The highest BCUT2D eigenvalue weighted by atomic mass is 15.1. The molecule has 2 heteroatoms. The highest BCUT2D eigenvalue weighted by molar-refractivity contribution is 5.75. The molecule has 1 aliphatic carbocycles. The average molecular weight is 200 g/mol. The Labute approximate surface area is 89.9 Å². The van der Waals surface area contributed by atoms with E-state index in [1.54, 1.807) is 0 Å². The zero-order chi connectivity index (χ0) is 10.3. The fourth-order valence-electron chi connectivity index (χ4n) is 2.20. The average Bonchev–Trinajstić information content (AvgIpc) is 3.00. The van der Waals surface area contributed by atoms with Crippen molar-refractivity contribution in [3.05, 3.63) is 30.1 Å². The summed E-state index contributed by atoms with van der Waals surface area (Å²) >= 11 is 0. The quantitative estimate of drug-likeness (QED) is 0.744. The number of benzene rings is 1. The summed E-state index contributed by atoms with van der Waals surface area (Å²) in [4.78, 5) is 4.57. The molecule has 15 heavy (non-hydrogen) atoms. The van der Waals surface area contributed by atoms with Crippen LogP contribution in [0.25, 0.3) is 11.0 Å². The lowest BCUT2D eigenvalue weighted by molar-refractivity contribution is 0.596. The van der Waals surface area contributed by atoms with Crippen molar-refractivity contribution < 1.29 is 0 Å². The van der Waals surface area contributed by atoms with Gasteiger partial charge in [0.15, 0.2) is 0 Å². The molecule has 0 radical (unpaired) electrons. The van der Waals surface area contributed by atoms with Crippen molar-refractivity contribution in [2.75, 3.05) is 0 Å². The van der Waals surface area contributed by atoms with Crippen LogP contribution in [0.2, 0.25) is 0 Å². The number of aryl methyl sites for hydroxylation is 2. The molecule has 78 valence electrons. The lowest BCUT2D eigenvalue weighted by Gasteiger charge is -2.05. The summed E-state index contributed by atoms with van der Waals surface area (Å²) in [5.41, 5.74) is 2.42. The van der Waals surface area contributed by atoms with Gasteiger partial charge in [-0.15, -0.1) is 0 Å². The van der Waals surface area contributed by atoms with E-state index in [9.17, 15) is 0 Å². The van der Waals surface area contributed by atoms with Gasteiger partial charge in [0.2, 0.25) is 0 Å². The molecule has 0 saturated heterocycles. The molecule has 0 bridgehead atoms. The number of para-hydroxylation sites is 2. The van der Waals surface area contributed by atoms with Gasteiger partial charge in [0.05, 0.1) is 11.0 Å². The first-order chi connectivity index (χ1) is 7.34. The fourth-order valence-corrected chi connectivity index (χ4v) is 2.20. The highest BCUT2D eigenvalue weighted by Crippen LogP contribution is 2.33. The second-order valence-corrected chi connectivity index (χ2v) is 4.53. The molecule has 1 heterocycles. The monoisotopic (exact) mass is 200 g/mol. The van der Waals surface area contributed by atoms with Crippen LogP contribution in [-0.4, -0.2) is 9.55 Å². The van der Waals surface area contributed by atoms with Gasteiger partial charge in [-0.25, -0.2) is 4.98 Å². The topological polar surface area (TPSA) is 17.8 Å². The van der Waals surface area contributed by atoms with E-state index in [0.717, 1.165) is 23.8 Å². The van der Waals surface area contributed by atoms with E-state index in [-0.39, 0.29) is 0 Å². The van der Waals surface area contributed by atoms with Gasteiger partial charge < -0.3 is 4.57 Å². The van der Waals surface area contributed by atoms with Crippen LogP contribution in [0.1, 0.15) is 25.1 Å². The van der Waals surface area contributed by atoms with E-state index in [2.05, 4.69) is 40.7 Å². The number of hydrogen-bond acceptors (Lipinski definition) is 1. The van der Waals surface area contributed by atoms with Gasteiger partial charge in [-0.05, 0) is 31.4 Å². The molecule has 0 atom stereocenters. The fraction of sp³-hybridized carbons (Fsp3) is 0.462. The molecule has 1 fully saturated rings. The van der Waals surface area contributed by atoms with Crippen LogP contribution in [0.3, 0.4) is 0 Å². The molecule has 0 amide bonds. The van der Waals surface area contributed by atoms with Crippen molar-refractivity contribution in [1.29, 1.82) is 0 Å². The summed E-state index contributed by atoms with van der Waals surface area (Å²) in [5.74, 6) is 2.14. The third kappa shape index (κ3) is 1.65. The molecule has 0 aliphatic heterocycles. The maximum atomic E-state index is 4.57. The summed E-state index contributed by atoms with van der Waals surface area (Å²) in [7, 11) is 0. The van der Waals surface area contributed by atoms with Gasteiger partial charge in [0, 0.05) is 6.54 Å². The number of hydrogen-bond donors (Lipinski definition) is 0. The third-order valence-electron chi connectivity index (χ3n) is 3.30. The first-order valence-corrected chi connectivity index (χ1v) is 5.76. The number of aromatic nitrogens is 2. The molecule has 2 nitrogen and oxygen atoms in total. The summed E-state index contributed by atoms with van der Waals surface area (Å²) in [6.07, 6.45) is 4.19. The Morgan fingerprint density at radius 1 is 1.33 bits per heavy atom. The predicted molar refractivity (Wildman–Crippen MR) is 61.8 cm³/mol. The van der Waals surface area contributed by atoms with E-state index in [1.165, 1.54) is 24.8 Å². The predicted octanol–water partition coefficient (Wildman–Crippen LogP) is 3.14. The van der Waals surface area contributed by atoms with Gasteiger partial charge in [-0.1, -0.05) is 25.0 Å². The number of imidazole rings is 1. The molecule has 2 aromatic rings. The van der Waals surface area contributed by atoms with Crippen LogP contribution < -0.4 is 0 Å². The van der Waals surface area contributed by atoms with Crippen LogP contribution >= 0.6 is 0 Å². The molecule has 1 aromatic heterocycles. The van der Waals surface area contributed by atoms with Crippen molar-refractivity contribution in [3.63, 3.8) is 0 Å². The van der Waals surface area contributed by atoms with Crippen LogP contribution in [-0.2, 0) is 6.54 Å². The smallest absolute Gasteiger partial charge is 0.106 e. The molecular weight excluding hydrogens is 184 g/mol. The molecular formula is C13H16N2. The minimum atomic E-state index is 0.991. The normalized spacial score (nSPS) is 16.1. The zero-order valence-corrected chi connectivity index (χ0v) is 9.11. The lowest BCUT2D eigenvalue weighted by atomic mass is 10.2. The number of fused-ring (bicyclic) bond motifs is 1. The van der Waals surface area contributed by atoms with Crippen molar-refractivity contribution in [1.82, 2.24) is 9.55 Å². The highest BCUT2D eigenvalue weighted by Gasteiger charge is 2.21. The molecule has 0 N–H and O–H groups in total. The van der Waals surface area contributed by atoms with Crippen LogP contribution in [0.5, 0.6) is 0 Å². The number of nitrogens with zero attached hydrogens (tertiary/aromatic N) is 2. The lowest BCUT2D eigenvalue weighted by Crippen LogP contribution is -2.00. The van der Waals surface area contributed by atoms with E-state index in [0.29, 0.717) is 0 Å². The van der Waals surface area contributed by atoms with E-state index < -0.39 is 0 Å². The van der Waals surface area contributed by atoms with Gasteiger partial charge in [-0.2, -0.15) is 0 Å². The molecule has 1 aliphatic rings. The Morgan fingerprint density at radius 2 is 2.13 bits per heavy atom. The van der Waals surface area contributed by atoms with E-state index >= 15 is 0 Å². The molecule has 3 rings (SSSR count). The van der Waals surface area contributed by atoms with E-state index in [1.807, 2.05) is 0 Å². The van der Waals surface area contributed by atoms with Crippen LogP contribution in [0.15, 0.2) is 24.3 Å². The van der Waals surface area contributed by atoms with Crippen molar-refractivity contribution in [2.24, 2.45) is 5.92 Å². The summed E-state index contributed by atoms with van der Waals surface area (Å²) in [5, 5.41) is 0. The maximum Gasteiger partial charge on any atom is 0.106 e. The SMILES string of the molecule is Cc1nc2ccccc2n1CCC1CC1. The van der Waals surface area contributed by atoms with Crippen molar-refractivity contribution in [3.8, 4) is 0 Å². The zero-order valence-electron chi connectivity index (χ0n) is 9.11. The third-order valence-corrected chi connectivity index (χ3v) is 3.30. The van der Waals surface area contributed by atoms with Crippen molar-refractivity contribution in [2.45, 2.75) is 32.7 Å². The Kier molecular flexibility index (Phi) is 2.01. The standard InChI is InChI=1S/C13H16N2/c1-10-14-12-4-2-3-5-13(12)15(10)9-8-11-6-7-11/h2-5,11H,6-9H2,1H3. The van der Waals surface area contributed by atoms with Crippen molar-refractivity contribution >= 4 is 11.0 Å². The van der Waals surface area contributed by atoms with Crippen LogP contribution in [0.4, 0.5) is 0 Å². The first kappa shape index (κ1) is 8.96. The second kappa shape index (κ2) is 3.37. The largest absolute Gasteiger partial charge is 0.328 e. The molecule has 0 unspecified atom stereocenters.